The molecule has 1 nitrogen and oxygen atoms in total. The lowest BCUT2D eigenvalue weighted by Crippen LogP contribution is -1.89. The minimum absolute atomic E-state index is 0.00347. The third-order valence-electron chi connectivity index (χ3n) is 1.66. The van der Waals surface area contributed by atoms with Crippen LogP contribution < -0.4 is 0 Å². The van der Waals surface area contributed by atoms with E-state index >= 15 is 0 Å². The summed E-state index contributed by atoms with van der Waals surface area (Å²) in [5, 5.41) is 3.47. The third-order valence-corrected chi connectivity index (χ3v) is 2.35. The highest BCUT2D eigenvalue weighted by Crippen LogP contribution is 2.26. The average Bonchev–Trinajstić information content (AvgIpc) is 2.57. The molecule has 2 rings (SSSR count). The second-order valence-electron chi connectivity index (χ2n) is 2.49. The van der Waals surface area contributed by atoms with E-state index in [4.69, 9.17) is 0 Å². The third kappa shape index (κ3) is 1.45. The smallest absolute Gasteiger partial charge is 0.152 e. The summed E-state index contributed by atoms with van der Waals surface area (Å²) in [6.45, 7) is 0. The molecule has 4 heteroatoms. The molecule has 0 amide bonds. The van der Waals surface area contributed by atoms with Gasteiger partial charge in [0.25, 0.3) is 0 Å². The van der Waals surface area contributed by atoms with Crippen LogP contribution in [0.3, 0.4) is 0 Å². The van der Waals surface area contributed by atoms with Crippen molar-refractivity contribution in [2.75, 3.05) is 0 Å². The van der Waals surface area contributed by atoms with E-state index in [1.54, 1.807) is 16.8 Å². The second-order valence-corrected chi connectivity index (χ2v) is 3.27. The van der Waals surface area contributed by atoms with Crippen molar-refractivity contribution < 1.29 is 8.78 Å². The van der Waals surface area contributed by atoms with Crippen LogP contribution in [0.5, 0.6) is 0 Å². The zero-order chi connectivity index (χ0) is 9.26. The van der Waals surface area contributed by atoms with E-state index in [2.05, 4.69) is 4.98 Å². The van der Waals surface area contributed by atoms with E-state index in [-0.39, 0.29) is 5.56 Å². The van der Waals surface area contributed by atoms with Gasteiger partial charge < -0.3 is 0 Å². The zero-order valence-corrected chi connectivity index (χ0v) is 7.31. The van der Waals surface area contributed by atoms with Crippen LogP contribution in [0.25, 0.3) is 11.1 Å². The van der Waals surface area contributed by atoms with E-state index < -0.39 is 11.6 Å². The van der Waals surface area contributed by atoms with Crippen molar-refractivity contribution in [1.29, 1.82) is 0 Å². The molecule has 0 N–H and O–H groups in total. The number of halogens is 2. The maximum absolute atomic E-state index is 13.1. The summed E-state index contributed by atoms with van der Waals surface area (Å²) in [5.41, 5.74) is 0.554. The summed E-state index contributed by atoms with van der Waals surface area (Å²) in [6, 6.07) is 1.67. The van der Waals surface area contributed by atoms with Gasteiger partial charge in [-0.1, -0.05) is 0 Å². The predicted molar refractivity (Wildman–Crippen MR) is 47.5 cm³/mol. The van der Waals surface area contributed by atoms with Gasteiger partial charge in [0, 0.05) is 0 Å². The quantitative estimate of drug-likeness (QED) is 0.684. The maximum atomic E-state index is 13.1. The Morgan fingerprint density at radius 2 is 1.85 bits per heavy atom. The topological polar surface area (TPSA) is 12.9 Å². The first kappa shape index (κ1) is 8.31. The lowest BCUT2D eigenvalue weighted by Gasteiger charge is -2.00. The van der Waals surface area contributed by atoms with Gasteiger partial charge in [0.2, 0.25) is 0 Å². The van der Waals surface area contributed by atoms with Crippen molar-refractivity contribution in [2.45, 2.75) is 0 Å². The first-order chi connectivity index (χ1) is 6.29. The summed E-state index contributed by atoms with van der Waals surface area (Å²) in [4.78, 5) is 3.41. The van der Waals surface area contributed by atoms with Gasteiger partial charge in [-0.05, 0) is 22.4 Å². The van der Waals surface area contributed by atoms with Crippen molar-refractivity contribution >= 4 is 11.3 Å². The summed E-state index contributed by atoms with van der Waals surface area (Å²) in [6.07, 6.45) is 2.02. The molecule has 0 unspecified atom stereocenters. The SMILES string of the molecule is Fc1cncc(F)c1-c1ccsc1. The molecular formula is C9H5F2NS. The van der Waals surface area contributed by atoms with Crippen molar-refractivity contribution in [3.63, 3.8) is 0 Å². The van der Waals surface area contributed by atoms with Crippen molar-refractivity contribution in [1.82, 2.24) is 4.98 Å². The number of rotatable bonds is 1. The number of nitrogens with zero attached hydrogens (tertiary/aromatic N) is 1. The summed E-state index contributed by atoms with van der Waals surface area (Å²) in [7, 11) is 0. The lowest BCUT2D eigenvalue weighted by molar-refractivity contribution is 0.579. The highest BCUT2D eigenvalue weighted by molar-refractivity contribution is 7.08. The fraction of sp³-hybridized carbons (Fsp3) is 0. The number of aromatic nitrogens is 1. The van der Waals surface area contributed by atoms with Crippen LogP contribution in [0.2, 0.25) is 0 Å². The predicted octanol–water partition coefficient (Wildman–Crippen LogP) is 3.09. The molecule has 0 aliphatic carbocycles. The maximum Gasteiger partial charge on any atom is 0.152 e. The Kier molecular flexibility index (Phi) is 2.06. The largest absolute Gasteiger partial charge is 0.259 e. The van der Waals surface area contributed by atoms with Gasteiger partial charge in [0.05, 0.1) is 18.0 Å². The molecule has 2 aromatic heterocycles. The molecule has 66 valence electrons. The van der Waals surface area contributed by atoms with Crippen molar-refractivity contribution in [2.24, 2.45) is 0 Å². The standard InChI is InChI=1S/C9H5F2NS/c10-7-3-12-4-8(11)9(7)6-1-2-13-5-6/h1-5H. The molecule has 2 aromatic rings. The summed E-state index contributed by atoms with van der Waals surface area (Å²) in [5.74, 6) is -1.25. The van der Waals surface area contributed by atoms with Crippen LogP contribution in [0.1, 0.15) is 0 Å². The molecule has 0 saturated carbocycles. The van der Waals surface area contributed by atoms with E-state index in [0.717, 1.165) is 12.4 Å². The van der Waals surface area contributed by atoms with Gasteiger partial charge in [-0.25, -0.2) is 8.78 Å². The molecule has 0 atom stereocenters. The van der Waals surface area contributed by atoms with E-state index in [1.165, 1.54) is 11.3 Å². The Bertz CT molecular complexity index is 391. The molecule has 0 fully saturated rings. The number of pyridine rings is 1. The number of hydrogen-bond acceptors (Lipinski definition) is 2. The van der Waals surface area contributed by atoms with Crippen LogP contribution in [-0.2, 0) is 0 Å². The lowest BCUT2D eigenvalue weighted by atomic mass is 10.1. The highest BCUT2D eigenvalue weighted by Gasteiger charge is 2.11. The molecule has 0 aliphatic heterocycles. The van der Waals surface area contributed by atoms with Crippen molar-refractivity contribution in [3.05, 3.63) is 40.9 Å². The fourth-order valence-corrected chi connectivity index (χ4v) is 1.74. The number of hydrogen-bond donors (Lipinski definition) is 0. The minimum Gasteiger partial charge on any atom is -0.259 e. The van der Waals surface area contributed by atoms with Gasteiger partial charge in [-0.15, -0.1) is 0 Å². The van der Waals surface area contributed by atoms with Gasteiger partial charge >= 0.3 is 0 Å². The van der Waals surface area contributed by atoms with Crippen LogP contribution in [0, 0.1) is 11.6 Å². The highest BCUT2D eigenvalue weighted by atomic mass is 32.1. The average molecular weight is 197 g/mol. The summed E-state index contributed by atoms with van der Waals surface area (Å²) >= 11 is 1.40. The molecule has 0 saturated heterocycles. The van der Waals surface area contributed by atoms with E-state index in [9.17, 15) is 8.78 Å². The summed E-state index contributed by atoms with van der Waals surface area (Å²) < 4.78 is 26.2. The second kappa shape index (κ2) is 3.22. The minimum atomic E-state index is -0.626. The van der Waals surface area contributed by atoms with Crippen LogP contribution in [0.4, 0.5) is 8.78 Å². The molecule has 0 aliphatic rings. The van der Waals surface area contributed by atoms with Crippen molar-refractivity contribution in [3.8, 4) is 11.1 Å². The molecule has 0 radical (unpaired) electrons. The van der Waals surface area contributed by atoms with Gasteiger partial charge in [0.1, 0.15) is 0 Å². The van der Waals surface area contributed by atoms with Crippen LogP contribution in [-0.4, -0.2) is 4.98 Å². The van der Waals surface area contributed by atoms with Gasteiger partial charge in [0.15, 0.2) is 11.6 Å². The van der Waals surface area contributed by atoms with Gasteiger partial charge in [-0.2, -0.15) is 11.3 Å². The van der Waals surface area contributed by atoms with E-state index in [0.29, 0.717) is 5.56 Å². The van der Waals surface area contributed by atoms with Crippen LogP contribution >= 0.6 is 11.3 Å². The fourth-order valence-electron chi connectivity index (χ4n) is 1.09. The Morgan fingerprint density at radius 1 is 1.15 bits per heavy atom. The monoisotopic (exact) mass is 197 g/mol. The molecule has 0 bridgehead atoms. The normalized spacial score (nSPS) is 10.3. The molecule has 0 spiro atoms. The Balaban J connectivity index is 2.64. The molecule has 13 heavy (non-hydrogen) atoms. The van der Waals surface area contributed by atoms with E-state index in [1.807, 2.05) is 0 Å². The Labute approximate surface area is 77.7 Å². The van der Waals surface area contributed by atoms with Crippen LogP contribution in [0.15, 0.2) is 29.2 Å². The number of thiophene rings is 1. The Hall–Kier alpha value is -1.29. The zero-order valence-electron chi connectivity index (χ0n) is 6.50. The molecule has 0 aromatic carbocycles. The molecular weight excluding hydrogens is 192 g/mol. The first-order valence-corrected chi connectivity index (χ1v) is 4.55. The molecule has 2 heterocycles. The first-order valence-electron chi connectivity index (χ1n) is 3.60. The Morgan fingerprint density at radius 3 is 2.38 bits per heavy atom. The van der Waals surface area contributed by atoms with Gasteiger partial charge in [-0.3, -0.25) is 4.98 Å².